The molecule has 1 aliphatic heterocycles. The first-order chi connectivity index (χ1) is 10.3. The van der Waals surface area contributed by atoms with Crippen molar-refractivity contribution in [3.05, 3.63) is 0 Å². The van der Waals surface area contributed by atoms with Gasteiger partial charge in [-0.05, 0) is 13.0 Å². The van der Waals surface area contributed by atoms with Crippen molar-refractivity contribution in [2.24, 2.45) is 0 Å². The van der Waals surface area contributed by atoms with Gasteiger partial charge in [-0.15, -0.1) is 4.98 Å². The third kappa shape index (κ3) is 4.15. The molecule has 0 aromatic carbocycles. The minimum absolute atomic E-state index is 0.183. The fourth-order valence-corrected chi connectivity index (χ4v) is 2.17. The number of ether oxygens (including phenoxy) is 3. The van der Waals surface area contributed by atoms with E-state index in [2.05, 4.69) is 32.1 Å². The zero-order chi connectivity index (χ0) is 15.1. The number of morpholine rings is 1. The van der Waals surface area contributed by atoms with E-state index < -0.39 is 0 Å². The van der Waals surface area contributed by atoms with E-state index in [4.69, 9.17) is 14.2 Å². The number of aromatic nitrogens is 3. The molecule has 0 spiro atoms. The first-order valence-electron chi connectivity index (χ1n) is 7.17. The van der Waals surface area contributed by atoms with Crippen LogP contribution in [0.15, 0.2) is 0 Å². The molecular formula is C13H23N5O3. The highest BCUT2D eigenvalue weighted by molar-refractivity contribution is 5.34. The maximum atomic E-state index is 5.56. The van der Waals surface area contributed by atoms with Crippen LogP contribution in [0.5, 0.6) is 12.0 Å². The average molecular weight is 297 g/mol. The molecule has 8 nitrogen and oxygen atoms in total. The van der Waals surface area contributed by atoms with Crippen LogP contribution in [-0.2, 0) is 4.74 Å². The molecule has 1 aromatic heterocycles. The van der Waals surface area contributed by atoms with Crippen LogP contribution in [0.1, 0.15) is 13.3 Å². The van der Waals surface area contributed by atoms with Crippen molar-refractivity contribution < 1.29 is 14.2 Å². The van der Waals surface area contributed by atoms with Crippen molar-refractivity contribution in [3.8, 4) is 12.0 Å². The van der Waals surface area contributed by atoms with Gasteiger partial charge >= 0.3 is 12.0 Å². The molecule has 8 heteroatoms. The summed E-state index contributed by atoms with van der Waals surface area (Å²) in [4.78, 5) is 14.8. The van der Waals surface area contributed by atoms with Crippen LogP contribution in [0.2, 0.25) is 0 Å². The van der Waals surface area contributed by atoms with Gasteiger partial charge in [0.2, 0.25) is 5.95 Å². The minimum Gasteiger partial charge on any atom is -0.467 e. The van der Waals surface area contributed by atoms with Gasteiger partial charge in [-0.2, -0.15) is 9.97 Å². The highest BCUT2D eigenvalue weighted by Crippen LogP contribution is 2.19. The zero-order valence-corrected chi connectivity index (χ0v) is 12.8. The molecule has 21 heavy (non-hydrogen) atoms. The lowest BCUT2D eigenvalue weighted by atomic mass is 10.2. The number of nitrogens with one attached hydrogen (secondary N) is 1. The van der Waals surface area contributed by atoms with Crippen LogP contribution < -0.4 is 19.7 Å². The number of methoxy groups -OCH3 is 2. The standard InChI is InChI=1S/C13H23N5O3/c1-4-5-14-8-10-9-21-7-6-18(10)11-15-12(19-2)17-13(16-11)20-3/h10,14H,4-9H2,1-3H3. The van der Waals surface area contributed by atoms with Crippen molar-refractivity contribution in [3.63, 3.8) is 0 Å². The monoisotopic (exact) mass is 297 g/mol. The van der Waals surface area contributed by atoms with Gasteiger partial charge in [-0.3, -0.25) is 0 Å². The first-order valence-corrected chi connectivity index (χ1v) is 7.17. The Morgan fingerprint density at radius 3 is 2.57 bits per heavy atom. The number of anilines is 1. The number of rotatable bonds is 7. The summed E-state index contributed by atoms with van der Waals surface area (Å²) in [6.07, 6.45) is 1.10. The molecule has 2 rings (SSSR count). The van der Waals surface area contributed by atoms with Gasteiger partial charge in [0.1, 0.15) is 0 Å². The molecule has 0 aliphatic carbocycles. The number of nitrogens with zero attached hydrogens (tertiary/aromatic N) is 4. The second-order valence-electron chi connectivity index (χ2n) is 4.74. The molecule has 0 radical (unpaired) electrons. The molecule has 2 heterocycles. The maximum absolute atomic E-state index is 5.56. The van der Waals surface area contributed by atoms with Crippen LogP contribution in [0.3, 0.4) is 0 Å². The van der Waals surface area contributed by atoms with Crippen LogP contribution in [0.25, 0.3) is 0 Å². The second-order valence-corrected chi connectivity index (χ2v) is 4.74. The third-order valence-corrected chi connectivity index (χ3v) is 3.24. The van der Waals surface area contributed by atoms with Crippen molar-refractivity contribution >= 4 is 5.95 Å². The van der Waals surface area contributed by atoms with Crippen molar-refractivity contribution in [2.75, 3.05) is 52.0 Å². The normalized spacial score (nSPS) is 18.6. The summed E-state index contributed by atoms with van der Waals surface area (Å²) in [5, 5.41) is 3.41. The predicted molar refractivity (Wildman–Crippen MR) is 78.0 cm³/mol. The summed E-state index contributed by atoms with van der Waals surface area (Å²) in [7, 11) is 3.05. The molecule has 0 bridgehead atoms. The van der Waals surface area contributed by atoms with Gasteiger partial charge < -0.3 is 24.4 Å². The first kappa shape index (κ1) is 15.7. The van der Waals surface area contributed by atoms with Crippen LogP contribution in [0.4, 0.5) is 5.95 Å². The molecule has 1 saturated heterocycles. The topological polar surface area (TPSA) is 81.6 Å². The SMILES string of the molecule is CCCNCC1COCCN1c1nc(OC)nc(OC)n1. The lowest BCUT2D eigenvalue weighted by Crippen LogP contribution is -2.51. The van der Waals surface area contributed by atoms with Gasteiger partial charge in [0.25, 0.3) is 0 Å². The van der Waals surface area contributed by atoms with Gasteiger partial charge in [-0.1, -0.05) is 6.92 Å². The Balaban J connectivity index is 2.15. The highest BCUT2D eigenvalue weighted by Gasteiger charge is 2.26. The fraction of sp³-hybridized carbons (Fsp3) is 0.769. The third-order valence-electron chi connectivity index (χ3n) is 3.24. The molecule has 0 saturated carbocycles. The van der Waals surface area contributed by atoms with E-state index in [1.54, 1.807) is 0 Å². The molecule has 1 fully saturated rings. The molecule has 0 amide bonds. The molecular weight excluding hydrogens is 274 g/mol. The summed E-state index contributed by atoms with van der Waals surface area (Å²) in [6.45, 7) is 5.98. The highest BCUT2D eigenvalue weighted by atomic mass is 16.5. The number of hydrogen-bond donors (Lipinski definition) is 1. The van der Waals surface area contributed by atoms with E-state index in [0.717, 1.165) is 26.1 Å². The lowest BCUT2D eigenvalue weighted by molar-refractivity contribution is 0.0927. The summed E-state index contributed by atoms with van der Waals surface area (Å²) >= 11 is 0. The zero-order valence-electron chi connectivity index (χ0n) is 12.8. The summed E-state index contributed by atoms with van der Waals surface area (Å²) in [5.41, 5.74) is 0. The molecule has 118 valence electrons. The van der Waals surface area contributed by atoms with E-state index in [-0.39, 0.29) is 18.1 Å². The Labute approximate surface area is 124 Å². The predicted octanol–water partition coefficient (Wildman–Crippen LogP) is 0.0936. The van der Waals surface area contributed by atoms with Gasteiger partial charge in [-0.25, -0.2) is 0 Å². The Kier molecular flexibility index (Phi) is 5.94. The summed E-state index contributed by atoms with van der Waals surface area (Å²) < 4.78 is 15.8. The van der Waals surface area contributed by atoms with E-state index >= 15 is 0 Å². The van der Waals surface area contributed by atoms with Crippen LogP contribution >= 0.6 is 0 Å². The fourth-order valence-electron chi connectivity index (χ4n) is 2.17. The summed E-state index contributed by atoms with van der Waals surface area (Å²) in [5.74, 6) is 0.560. The number of hydrogen-bond acceptors (Lipinski definition) is 8. The second kappa shape index (κ2) is 7.94. The maximum Gasteiger partial charge on any atom is 0.324 e. The Hall–Kier alpha value is -1.67. The molecule has 1 aromatic rings. The van der Waals surface area contributed by atoms with Crippen LogP contribution in [0, 0.1) is 0 Å². The van der Waals surface area contributed by atoms with Gasteiger partial charge in [0.15, 0.2) is 0 Å². The van der Waals surface area contributed by atoms with E-state index in [1.165, 1.54) is 14.2 Å². The smallest absolute Gasteiger partial charge is 0.324 e. The van der Waals surface area contributed by atoms with Crippen molar-refractivity contribution in [1.29, 1.82) is 0 Å². The molecule has 1 unspecified atom stereocenters. The van der Waals surface area contributed by atoms with Crippen molar-refractivity contribution in [2.45, 2.75) is 19.4 Å². The summed E-state index contributed by atoms with van der Waals surface area (Å²) in [6, 6.07) is 0.689. The Morgan fingerprint density at radius 1 is 1.24 bits per heavy atom. The Bertz CT molecular complexity index is 424. The Morgan fingerprint density at radius 2 is 1.95 bits per heavy atom. The quantitative estimate of drug-likeness (QED) is 0.709. The van der Waals surface area contributed by atoms with E-state index in [9.17, 15) is 0 Å². The largest absolute Gasteiger partial charge is 0.467 e. The van der Waals surface area contributed by atoms with E-state index in [1.807, 2.05) is 0 Å². The van der Waals surface area contributed by atoms with Gasteiger partial charge in [0, 0.05) is 13.1 Å². The van der Waals surface area contributed by atoms with Gasteiger partial charge in [0.05, 0.1) is 33.5 Å². The molecule has 1 N–H and O–H groups in total. The van der Waals surface area contributed by atoms with Crippen molar-refractivity contribution in [1.82, 2.24) is 20.3 Å². The van der Waals surface area contributed by atoms with Crippen LogP contribution in [-0.4, -0.2) is 68.1 Å². The minimum atomic E-state index is 0.183. The molecule has 1 atom stereocenters. The molecule has 1 aliphatic rings. The lowest BCUT2D eigenvalue weighted by Gasteiger charge is -2.35. The average Bonchev–Trinajstić information content (AvgIpc) is 2.55. The van der Waals surface area contributed by atoms with E-state index in [0.29, 0.717) is 19.2 Å².